The van der Waals surface area contributed by atoms with Crippen molar-refractivity contribution in [1.82, 2.24) is 0 Å². The third-order valence-corrected chi connectivity index (χ3v) is 5.85. The SMILES string of the molecule is C=CCCC(Cc1ccccc1)=C(Cc1ccc(OC)cc1)c1ccccc1CC(C)C. The number of methoxy groups -OCH3 is 1. The Kier molecular flexibility index (Phi) is 8.92. The summed E-state index contributed by atoms with van der Waals surface area (Å²) in [5.41, 5.74) is 8.46. The Hall–Kier alpha value is -3.06. The first-order chi connectivity index (χ1) is 15.6. The summed E-state index contributed by atoms with van der Waals surface area (Å²) in [7, 11) is 1.72. The van der Waals surface area contributed by atoms with Crippen LogP contribution in [0.25, 0.3) is 5.57 Å². The number of rotatable bonds is 11. The van der Waals surface area contributed by atoms with Crippen molar-refractivity contribution in [2.45, 2.75) is 46.0 Å². The van der Waals surface area contributed by atoms with Crippen LogP contribution in [0.3, 0.4) is 0 Å². The average molecular weight is 425 g/mol. The minimum atomic E-state index is 0.615. The van der Waals surface area contributed by atoms with E-state index in [0.29, 0.717) is 5.92 Å². The highest BCUT2D eigenvalue weighted by Crippen LogP contribution is 2.32. The smallest absolute Gasteiger partial charge is 0.118 e. The van der Waals surface area contributed by atoms with Crippen LogP contribution in [0.15, 0.2) is 97.1 Å². The van der Waals surface area contributed by atoms with Crippen LogP contribution < -0.4 is 4.74 Å². The molecule has 0 bridgehead atoms. The second-order valence-corrected chi connectivity index (χ2v) is 8.85. The molecule has 0 unspecified atom stereocenters. The fourth-order valence-corrected chi connectivity index (χ4v) is 4.26. The van der Waals surface area contributed by atoms with E-state index < -0.39 is 0 Å². The van der Waals surface area contributed by atoms with Crippen molar-refractivity contribution in [2.75, 3.05) is 7.11 Å². The topological polar surface area (TPSA) is 9.23 Å². The molecule has 0 aliphatic heterocycles. The zero-order valence-electron chi connectivity index (χ0n) is 19.8. The van der Waals surface area contributed by atoms with E-state index in [1.165, 1.54) is 33.4 Å². The van der Waals surface area contributed by atoms with Gasteiger partial charge in [0, 0.05) is 0 Å². The maximum atomic E-state index is 5.38. The average Bonchev–Trinajstić information content (AvgIpc) is 2.81. The van der Waals surface area contributed by atoms with Crippen molar-refractivity contribution in [3.63, 3.8) is 0 Å². The molecular formula is C31H36O. The van der Waals surface area contributed by atoms with Crippen LogP contribution in [0.4, 0.5) is 0 Å². The lowest BCUT2D eigenvalue weighted by molar-refractivity contribution is 0.414. The highest BCUT2D eigenvalue weighted by Gasteiger charge is 2.15. The third-order valence-electron chi connectivity index (χ3n) is 5.85. The van der Waals surface area contributed by atoms with Gasteiger partial charge < -0.3 is 4.74 Å². The molecule has 3 aromatic carbocycles. The fourth-order valence-electron chi connectivity index (χ4n) is 4.26. The van der Waals surface area contributed by atoms with Crippen molar-refractivity contribution >= 4 is 5.57 Å². The quantitative estimate of drug-likeness (QED) is 0.283. The molecule has 32 heavy (non-hydrogen) atoms. The predicted molar refractivity (Wildman–Crippen MR) is 138 cm³/mol. The molecule has 0 saturated carbocycles. The Labute approximate surface area is 194 Å². The predicted octanol–water partition coefficient (Wildman–Crippen LogP) is 8.10. The Morgan fingerprint density at radius 3 is 2.16 bits per heavy atom. The van der Waals surface area contributed by atoms with Gasteiger partial charge in [0.25, 0.3) is 0 Å². The summed E-state index contributed by atoms with van der Waals surface area (Å²) in [4.78, 5) is 0. The van der Waals surface area contributed by atoms with Gasteiger partial charge in [-0.15, -0.1) is 6.58 Å². The Balaban J connectivity index is 2.12. The van der Waals surface area contributed by atoms with Gasteiger partial charge in [-0.25, -0.2) is 0 Å². The van der Waals surface area contributed by atoms with Gasteiger partial charge in [-0.1, -0.05) is 92.2 Å². The van der Waals surface area contributed by atoms with E-state index in [1.54, 1.807) is 7.11 Å². The molecule has 0 radical (unpaired) electrons. The first-order valence-electron chi connectivity index (χ1n) is 11.7. The normalized spacial score (nSPS) is 11.9. The van der Waals surface area contributed by atoms with E-state index in [1.807, 2.05) is 6.08 Å². The molecule has 1 nitrogen and oxygen atoms in total. The number of allylic oxidation sites excluding steroid dienone is 3. The van der Waals surface area contributed by atoms with Gasteiger partial charge in [-0.3, -0.25) is 0 Å². The molecule has 0 fully saturated rings. The standard InChI is InChI=1S/C31H36O/c1-5-6-14-28(22-25-12-8-7-9-13-25)31(23-26-17-19-29(32-4)20-18-26)30-16-11-10-15-27(30)21-24(2)3/h5,7-13,15-20,24H,1,6,14,21-23H2,2-4H3. The van der Waals surface area contributed by atoms with Gasteiger partial charge in [-0.05, 0) is 78.0 Å². The maximum Gasteiger partial charge on any atom is 0.118 e. The molecule has 166 valence electrons. The summed E-state index contributed by atoms with van der Waals surface area (Å²) in [6, 6.07) is 28.3. The summed E-state index contributed by atoms with van der Waals surface area (Å²) < 4.78 is 5.38. The lowest BCUT2D eigenvalue weighted by Gasteiger charge is -2.20. The van der Waals surface area contributed by atoms with Gasteiger partial charge in [0.15, 0.2) is 0 Å². The summed E-state index contributed by atoms with van der Waals surface area (Å²) in [6.45, 7) is 8.59. The molecule has 3 aromatic rings. The van der Waals surface area contributed by atoms with Crippen molar-refractivity contribution < 1.29 is 4.74 Å². The largest absolute Gasteiger partial charge is 0.497 e. The molecule has 1 heteroatoms. The van der Waals surface area contributed by atoms with E-state index in [-0.39, 0.29) is 0 Å². The van der Waals surface area contributed by atoms with Crippen LogP contribution in [-0.2, 0) is 19.3 Å². The minimum Gasteiger partial charge on any atom is -0.497 e. The second kappa shape index (κ2) is 12.1. The van der Waals surface area contributed by atoms with Crippen LogP contribution >= 0.6 is 0 Å². The van der Waals surface area contributed by atoms with Crippen LogP contribution in [0.2, 0.25) is 0 Å². The van der Waals surface area contributed by atoms with Gasteiger partial charge in [0.2, 0.25) is 0 Å². The zero-order valence-corrected chi connectivity index (χ0v) is 19.8. The molecule has 0 aromatic heterocycles. The van der Waals surface area contributed by atoms with Crippen molar-refractivity contribution in [3.05, 3.63) is 119 Å². The third kappa shape index (κ3) is 6.72. The number of hydrogen-bond donors (Lipinski definition) is 0. The van der Waals surface area contributed by atoms with E-state index in [9.17, 15) is 0 Å². The molecule has 0 N–H and O–H groups in total. The minimum absolute atomic E-state index is 0.615. The highest BCUT2D eigenvalue weighted by molar-refractivity contribution is 5.73. The fraction of sp³-hybridized carbons (Fsp3) is 0.290. The van der Waals surface area contributed by atoms with Crippen LogP contribution in [-0.4, -0.2) is 7.11 Å². The van der Waals surface area contributed by atoms with E-state index in [0.717, 1.165) is 37.9 Å². The Bertz CT molecular complexity index is 1010. The molecular weight excluding hydrogens is 388 g/mol. The van der Waals surface area contributed by atoms with Crippen LogP contribution in [0.1, 0.15) is 48.9 Å². The van der Waals surface area contributed by atoms with E-state index in [2.05, 4.69) is 99.3 Å². The number of benzene rings is 3. The monoisotopic (exact) mass is 424 g/mol. The van der Waals surface area contributed by atoms with Crippen molar-refractivity contribution in [1.29, 1.82) is 0 Å². The molecule has 0 aliphatic rings. The zero-order chi connectivity index (χ0) is 22.8. The van der Waals surface area contributed by atoms with E-state index >= 15 is 0 Å². The first kappa shape index (κ1) is 23.6. The van der Waals surface area contributed by atoms with Gasteiger partial charge >= 0.3 is 0 Å². The van der Waals surface area contributed by atoms with Crippen molar-refractivity contribution in [2.24, 2.45) is 5.92 Å². The summed E-state index contributed by atoms with van der Waals surface area (Å²) >= 11 is 0. The number of hydrogen-bond acceptors (Lipinski definition) is 1. The second-order valence-electron chi connectivity index (χ2n) is 8.85. The molecule has 0 atom stereocenters. The van der Waals surface area contributed by atoms with Crippen molar-refractivity contribution in [3.8, 4) is 5.75 Å². The molecule has 0 saturated heterocycles. The van der Waals surface area contributed by atoms with Crippen LogP contribution in [0, 0.1) is 5.92 Å². The van der Waals surface area contributed by atoms with E-state index in [4.69, 9.17) is 4.74 Å². The molecule has 3 rings (SSSR count). The van der Waals surface area contributed by atoms with Gasteiger partial charge in [0.05, 0.1) is 7.11 Å². The lowest BCUT2D eigenvalue weighted by atomic mass is 9.84. The number of ether oxygens (including phenoxy) is 1. The maximum absolute atomic E-state index is 5.38. The Morgan fingerprint density at radius 1 is 0.844 bits per heavy atom. The molecule has 0 amide bonds. The molecule has 0 spiro atoms. The highest BCUT2D eigenvalue weighted by atomic mass is 16.5. The summed E-state index contributed by atoms with van der Waals surface area (Å²) in [6.07, 6.45) is 7.02. The summed E-state index contributed by atoms with van der Waals surface area (Å²) in [5.74, 6) is 1.51. The first-order valence-corrected chi connectivity index (χ1v) is 11.7. The molecule has 0 aliphatic carbocycles. The lowest BCUT2D eigenvalue weighted by Crippen LogP contribution is -2.05. The Morgan fingerprint density at radius 2 is 1.50 bits per heavy atom. The summed E-state index contributed by atoms with van der Waals surface area (Å²) in [5, 5.41) is 0. The molecule has 0 heterocycles. The van der Waals surface area contributed by atoms with Crippen LogP contribution in [0.5, 0.6) is 5.75 Å². The van der Waals surface area contributed by atoms with Gasteiger partial charge in [-0.2, -0.15) is 0 Å². The van der Waals surface area contributed by atoms with Gasteiger partial charge in [0.1, 0.15) is 5.75 Å².